The number of carbonyl (C=O) groups is 1. The van der Waals surface area contributed by atoms with Gasteiger partial charge in [-0.25, -0.2) is 0 Å². The maximum absolute atomic E-state index is 12.0. The second-order valence-corrected chi connectivity index (χ2v) is 5.41. The Morgan fingerprint density at radius 2 is 1.95 bits per heavy atom. The number of hydrogen-bond acceptors (Lipinski definition) is 4. The van der Waals surface area contributed by atoms with Crippen molar-refractivity contribution in [3.8, 4) is 11.5 Å². The van der Waals surface area contributed by atoms with Gasteiger partial charge in [0, 0.05) is 13.1 Å². The van der Waals surface area contributed by atoms with Crippen LogP contribution >= 0.6 is 0 Å². The highest BCUT2D eigenvalue weighted by molar-refractivity contribution is 5.80. The van der Waals surface area contributed by atoms with E-state index in [1.165, 1.54) is 0 Å². The molecule has 0 saturated carbocycles. The average Bonchev–Trinajstić information content (AvgIpc) is 2.45. The van der Waals surface area contributed by atoms with Gasteiger partial charge < -0.3 is 20.1 Å². The van der Waals surface area contributed by atoms with Crippen molar-refractivity contribution in [3.63, 3.8) is 0 Å². The smallest absolute Gasteiger partial charge is 0.260 e. The van der Waals surface area contributed by atoms with E-state index in [0.29, 0.717) is 24.0 Å². The molecule has 0 radical (unpaired) electrons. The summed E-state index contributed by atoms with van der Waals surface area (Å²) < 4.78 is 11.0. The van der Waals surface area contributed by atoms with Gasteiger partial charge in [0.25, 0.3) is 5.91 Å². The number of methoxy groups -OCH3 is 1. The molecule has 0 fully saturated rings. The van der Waals surface area contributed by atoms with Crippen molar-refractivity contribution in [2.24, 2.45) is 5.92 Å². The fourth-order valence-corrected chi connectivity index (χ4v) is 1.82. The highest BCUT2D eigenvalue weighted by Gasteiger charge is 2.17. The van der Waals surface area contributed by atoms with Crippen LogP contribution in [0.1, 0.15) is 26.3 Å². The predicted molar refractivity (Wildman–Crippen MR) is 83.7 cm³/mol. The van der Waals surface area contributed by atoms with Crippen molar-refractivity contribution < 1.29 is 14.3 Å². The molecule has 0 aliphatic carbocycles. The lowest BCUT2D eigenvalue weighted by Crippen LogP contribution is -2.38. The normalized spacial score (nSPS) is 12.1. The monoisotopic (exact) mass is 294 g/mol. The Hall–Kier alpha value is -1.75. The van der Waals surface area contributed by atoms with E-state index in [1.807, 2.05) is 25.2 Å². The Balaban J connectivity index is 2.75. The first-order valence-corrected chi connectivity index (χ1v) is 7.23. The lowest BCUT2D eigenvalue weighted by Gasteiger charge is -2.18. The van der Waals surface area contributed by atoms with Crippen LogP contribution < -0.4 is 20.1 Å². The summed E-state index contributed by atoms with van der Waals surface area (Å²) in [4.78, 5) is 12.0. The summed E-state index contributed by atoms with van der Waals surface area (Å²) in [5, 5.41) is 5.94. The number of amides is 1. The van der Waals surface area contributed by atoms with Gasteiger partial charge in [0.15, 0.2) is 17.6 Å². The number of rotatable bonds is 8. The van der Waals surface area contributed by atoms with Crippen LogP contribution in [-0.4, -0.2) is 32.7 Å². The highest BCUT2D eigenvalue weighted by atomic mass is 16.5. The molecule has 21 heavy (non-hydrogen) atoms. The molecule has 0 bridgehead atoms. The van der Waals surface area contributed by atoms with Crippen molar-refractivity contribution in [1.82, 2.24) is 10.6 Å². The molecule has 0 aliphatic rings. The maximum Gasteiger partial charge on any atom is 0.260 e. The molecule has 0 saturated heterocycles. The second-order valence-electron chi connectivity index (χ2n) is 5.41. The summed E-state index contributed by atoms with van der Waals surface area (Å²) in [5.74, 6) is 1.50. The zero-order chi connectivity index (χ0) is 15.8. The molecule has 1 unspecified atom stereocenters. The van der Waals surface area contributed by atoms with Crippen LogP contribution in [0.5, 0.6) is 11.5 Å². The summed E-state index contributed by atoms with van der Waals surface area (Å²) in [7, 11) is 3.47. The van der Waals surface area contributed by atoms with Crippen molar-refractivity contribution in [1.29, 1.82) is 0 Å². The number of hydrogen-bond donors (Lipinski definition) is 2. The Labute approximate surface area is 127 Å². The van der Waals surface area contributed by atoms with Crippen molar-refractivity contribution in [2.75, 3.05) is 20.7 Å². The molecular formula is C16H26N2O3. The van der Waals surface area contributed by atoms with E-state index in [2.05, 4.69) is 24.5 Å². The van der Waals surface area contributed by atoms with E-state index in [0.717, 1.165) is 12.1 Å². The number of ether oxygens (including phenoxy) is 2. The lowest BCUT2D eigenvalue weighted by molar-refractivity contribution is -0.127. The first kappa shape index (κ1) is 17.3. The van der Waals surface area contributed by atoms with E-state index < -0.39 is 6.10 Å². The molecule has 0 aliphatic heterocycles. The van der Waals surface area contributed by atoms with E-state index in [9.17, 15) is 4.79 Å². The summed E-state index contributed by atoms with van der Waals surface area (Å²) >= 11 is 0. The van der Waals surface area contributed by atoms with Gasteiger partial charge in [-0.1, -0.05) is 19.9 Å². The molecule has 0 aromatic heterocycles. The summed E-state index contributed by atoms with van der Waals surface area (Å²) in [6.45, 7) is 7.21. The zero-order valence-electron chi connectivity index (χ0n) is 13.5. The van der Waals surface area contributed by atoms with E-state index >= 15 is 0 Å². The minimum absolute atomic E-state index is 0.121. The Bertz CT molecular complexity index is 461. The second kappa shape index (κ2) is 8.52. The standard InChI is InChI=1S/C16H26N2O3/c1-11(2)9-18-16(19)12(3)21-15-8-13(10-17-4)6-7-14(15)20-5/h6-8,11-12,17H,9-10H2,1-5H3,(H,18,19). The van der Waals surface area contributed by atoms with Crippen molar-refractivity contribution in [2.45, 2.75) is 33.4 Å². The predicted octanol–water partition coefficient (Wildman–Crippen LogP) is 1.95. The molecule has 0 heterocycles. The van der Waals surface area contributed by atoms with Gasteiger partial charge in [-0.05, 0) is 37.6 Å². The minimum Gasteiger partial charge on any atom is -0.493 e. The van der Waals surface area contributed by atoms with Crippen molar-refractivity contribution >= 4 is 5.91 Å². The van der Waals surface area contributed by atoms with Gasteiger partial charge in [0.05, 0.1) is 7.11 Å². The number of carbonyl (C=O) groups excluding carboxylic acids is 1. The Morgan fingerprint density at radius 1 is 1.24 bits per heavy atom. The summed E-state index contributed by atoms with van der Waals surface area (Å²) in [6, 6.07) is 5.70. The van der Waals surface area contributed by atoms with Crippen LogP contribution in [0, 0.1) is 5.92 Å². The summed E-state index contributed by atoms with van der Waals surface area (Å²) in [6.07, 6.45) is -0.567. The number of nitrogens with one attached hydrogen (secondary N) is 2. The van der Waals surface area contributed by atoms with Crippen LogP contribution in [0.4, 0.5) is 0 Å². The SMILES string of the molecule is CNCc1ccc(OC)c(OC(C)C(=O)NCC(C)C)c1. The van der Waals surface area contributed by atoms with Crippen LogP contribution in [0.2, 0.25) is 0 Å². The third kappa shape index (κ3) is 5.63. The largest absolute Gasteiger partial charge is 0.493 e. The Kier molecular flexibility index (Phi) is 7.02. The van der Waals surface area contributed by atoms with Gasteiger partial charge >= 0.3 is 0 Å². The van der Waals surface area contributed by atoms with Crippen molar-refractivity contribution in [3.05, 3.63) is 23.8 Å². The third-order valence-corrected chi connectivity index (χ3v) is 2.97. The fraction of sp³-hybridized carbons (Fsp3) is 0.562. The third-order valence-electron chi connectivity index (χ3n) is 2.97. The molecule has 118 valence electrons. The van der Waals surface area contributed by atoms with Crippen LogP contribution in [-0.2, 0) is 11.3 Å². The van der Waals surface area contributed by atoms with Crippen LogP contribution in [0.15, 0.2) is 18.2 Å². The molecule has 1 amide bonds. The van der Waals surface area contributed by atoms with E-state index in [4.69, 9.17) is 9.47 Å². The van der Waals surface area contributed by atoms with Crippen LogP contribution in [0.25, 0.3) is 0 Å². The maximum atomic E-state index is 12.0. The van der Waals surface area contributed by atoms with Gasteiger partial charge in [-0.3, -0.25) is 4.79 Å². The quantitative estimate of drug-likeness (QED) is 0.769. The molecule has 5 heteroatoms. The number of benzene rings is 1. The topological polar surface area (TPSA) is 59.6 Å². The average molecular weight is 294 g/mol. The first-order valence-electron chi connectivity index (χ1n) is 7.23. The molecule has 1 aromatic carbocycles. The van der Waals surface area contributed by atoms with E-state index in [-0.39, 0.29) is 5.91 Å². The van der Waals surface area contributed by atoms with Gasteiger partial charge in [-0.2, -0.15) is 0 Å². The molecule has 1 aromatic rings. The van der Waals surface area contributed by atoms with Gasteiger partial charge in [0.2, 0.25) is 0 Å². The molecule has 2 N–H and O–H groups in total. The minimum atomic E-state index is -0.567. The zero-order valence-corrected chi connectivity index (χ0v) is 13.5. The van der Waals surface area contributed by atoms with Crippen LogP contribution in [0.3, 0.4) is 0 Å². The first-order chi connectivity index (χ1) is 9.97. The van der Waals surface area contributed by atoms with E-state index in [1.54, 1.807) is 14.0 Å². The Morgan fingerprint density at radius 3 is 2.52 bits per heavy atom. The molecule has 1 atom stereocenters. The highest BCUT2D eigenvalue weighted by Crippen LogP contribution is 2.29. The van der Waals surface area contributed by atoms with Gasteiger partial charge in [0.1, 0.15) is 0 Å². The lowest BCUT2D eigenvalue weighted by atomic mass is 10.2. The molecule has 1 rings (SSSR count). The van der Waals surface area contributed by atoms with Gasteiger partial charge in [-0.15, -0.1) is 0 Å². The summed E-state index contributed by atoms with van der Waals surface area (Å²) in [5.41, 5.74) is 1.07. The fourth-order valence-electron chi connectivity index (χ4n) is 1.82. The molecular weight excluding hydrogens is 268 g/mol. The molecule has 5 nitrogen and oxygen atoms in total. The molecule has 0 spiro atoms.